The van der Waals surface area contributed by atoms with Crippen molar-refractivity contribution in [1.29, 1.82) is 5.26 Å². The van der Waals surface area contributed by atoms with Crippen molar-refractivity contribution in [3.8, 4) is 17.2 Å². The van der Waals surface area contributed by atoms with Crippen molar-refractivity contribution >= 4 is 37.4 Å². The van der Waals surface area contributed by atoms with Gasteiger partial charge in [-0.05, 0) is 47.5 Å². The molecule has 3 aromatic carbocycles. The number of rotatable bonds is 3. The summed E-state index contributed by atoms with van der Waals surface area (Å²) >= 11 is 0. The number of nitriles is 1. The fraction of sp³-hybridized carbons (Fsp3) is 0.125. The molecule has 32 heavy (non-hydrogen) atoms. The lowest BCUT2D eigenvalue weighted by molar-refractivity contribution is 0.582. The van der Waals surface area contributed by atoms with Crippen LogP contribution < -0.4 is 4.31 Å². The Balaban J connectivity index is 1.65. The molecule has 1 aliphatic rings. The van der Waals surface area contributed by atoms with Crippen molar-refractivity contribution in [2.45, 2.75) is 9.92 Å². The predicted octanol–water partition coefficient (Wildman–Crippen LogP) is 4.03. The lowest BCUT2D eigenvalue weighted by Crippen LogP contribution is -2.39. The molecule has 0 bridgehead atoms. The summed E-state index contributed by atoms with van der Waals surface area (Å²) in [5.74, 6) is 0.242. The van der Waals surface area contributed by atoms with Crippen molar-refractivity contribution in [1.82, 2.24) is 4.57 Å². The molecule has 0 saturated carbocycles. The van der Waals surface area contributed by atoms with E-state index in [0.29, 0.717) is 16.1 Å². The Morgan fingerprint density at radius 1 is 0.969 bits per heavy atom. The Morgan fingerprint density at radius 3 is 2.41 bits per heavy atom. The van der Waals surface area contributed by atoms with Crippen LogP contribution in [0.4, 0.5) is 5.69 Å². The van der Waals surface area contributed by atoms with Crippen molar-refractivity contribution in [2.75, 3.05) is 16.6 Å². The Kier molecular flexibility index (Phi) is 4.88. The zero-order chi connectivity index (χ0) is 22.5. The maximum absolute atomic E-state index is 13.7. The first-order valence-corrected chi connectivity index (χ1v) is 12.8. The summed E-state index contributed by atoms with van der Waals surface area (Å²) in [6.45, 7) is 0.139. The van der Waals surface area contributed by atoms with Crippen LogP contribution in [0.1, 0.15) is 5.56 Å². The van der Waals surface area contributed by atoms with Gasteiger partial charge in [-0.15, -0.1) is 0 Å². The van der Waals surface area contributed by atoms with Crippen LogP contribution in [0.5, 0.6) is 0 Å². The maximum Gasteiger partial charge on any atom is 0.280 e. The highest BCUT2D eigenvalue weighted by Crippen LogP contribution is 2.37. The fourth-order valence-corrected chi connectivity index (χ4v) is 7.14. The molecule has 6 nitrogen and oxygen atoms in total. The lowest BCUT2D eigenvalue weighted by Gasteiger charge is -2.30. The van der Waals surface area contributed by atoms with E-state index in [9.17, 15) is 12.6 Å². The lowest BCUT2D eigenvalue weighted by atomic mass is 10.0. The average molecular weight is 462 g/mol. The maximum atomic E-state index is 13.7. The van der Waals surface area contributed by atoms with Crippen LogP contribution in [0.15, 0.2) is 82.7 Å². The van der Waals surface area contributed by atoms with Gasteiger partial charge in [0.05, 0.1) is 33.0 Å². The molecular weight excluding hydrogens is 442 g/mol. The number of aromatic nitrogens is 1. The molecule has 1 aliphatic heterocycles. The molecule has 0 aliphatic carbocycles. The van der Waals surface area contributed by atoms with Gasteiger partial charge >= 0.3 is 0 Å². The number of nitrogens with zero attached hydrogens (tertiary/aromatic N) is 3. The third-order valence-electron chi connectivity index (χ3n) is 5.76. The molecule has 0 amide bonds. The van der Waals surface area contributed by atoms with Gasteiger partial charge in [-0.25, -0.2) is 0 Å². The van der Waals surface area contributed by atoms with E-state index in [0.717, 1.165) is 22.0 Å². The van der Waals surface area contributed by atoms with Gasteiger partial charge in [-0.1, -0.05) is 36.4 Å². The second-order valence-electron chi connectivity index (χ2n) is 7.60. The van der Waals surface area contributed by atoms with Crippen LogP contribution in [0, 0.1) is 11.3 Å². The SMILES string of the molecule is Cn1c(S(=O)(=O)N2CCS(=O)c3ccc(-c4ccc(C#N)cc4)cc32)cc2ccccc21. The zero-order valence-corrected chi connectivity index (χ0v) is 18.9. The average Bonchev–Trinajstić information content (AvgIpc) is 3.16. The highest BCUT2D eigenvalue weighted by atomic mass is 32.2. The minimum atomic E-state index is -3.88. The van der Waals surface area contributed by atoms with Crippen LogP contribution in [0.2, 0.25) is 0 Å². The van der Waals surface area contributed by atoms with E-state index < -0.39 is 20.8 Å². The highest BCUT2D eigenvalue weighted by molar-refractivity contribution is 7.93. The third-order valence-corrected chi connectivity index (χ3v) is 9.03. The van der Waals surface area contributed by atoms with E-state index in [2.05, 4.69) is 6.07 Å². The topological polar surface area (TPSA) is 83.2 Å². The number of hydrogen-bond donors (Lipinski definition) is 0. The zero-order valence-electron chi connectivity index (χ0n) is 17.2. The van der Waals surface area contributed by atoms with Gasteiger partial charge in [0.15, 0.2) is 5.03 Å². The molecule has 0 saturated heterocycles. The summed E-state index contributed by atoms with van der Waals surface area (Å²) < 4.78 is 43.2. The molecular formula is C24H19N3O3S2. The Bertz CT molecular complexity index is 1530. The Hall–Kier alpha value is -3.41. The molecule has 5 rings (SSSR count). The van der Waals surface area contributed by atoms with Gasteiger partial charge in [-0.2, -0.15) is 13.7 Å². The quantitative estimate of drug-likeness (QED) is 0.461. The Labute approximate surface area is 188 Å². The largest absolute Gasteiger partial charge is 0.333 e. The van der Waals surface area contributed by atoms with Gasteiger partial charge in [0.2, 0.25) is 0 Å². The molecule has 1 unspecified atom stereocenters. The van der Waals surface area contributed by atoms with E-state index in [1.807, 2.05) is 42.5 Å². The summed E-state index contributed by atoms with van der Waals surface area (Å²) in [7, 11) is -3.41. The van der Waals surface area contributed by atoms with Crippen LogP contribution in [0.3, 0.4) is 0 Å². The van der Waals surface area contributed by atoms with E-state index in [1.165, 1.54) is 4.31 Å². The van der Waals surface area contributed by atoms with Crippen LogP contribution in [0.25, 0.3) is 22.0 Å². The van der Waals surface area contributed by atoms with Gasteiger partial charge in [-0.3, -0.25) is 8.51 Å². The first-order chi connectivity index (χ1) is 15.4. The first-order valence-electron chi connectivity index (χ1n) is 10.0. The number of benzene rings is 3. The molecule has 4 aromatic rings. The van der Waals surface area contributed by atoms with Crippen molar-refractivity contribution in [3.63, 3.8) is 0 Å². The third kappa shape index (κ3) is 3.22. The summed E-state index contributed by atoms with van der Waals surface area (Å²) in [4.78, 5) is 0.510. The molecule has 0 radical (unpaired) electrons. The summed E-state index contributed by atoms with van der Waals surface area (Å²) in [6.07, 6.45) is 0. The predicted molar refractivity (Wildman–Crippen MR) is 125 cm³/mol. The van der Waals surface area contributed by atoms with E-state index >= 15 is 0 Å². The second kappa shape index (κ2) is 7.62. The molecule has 2 heterocycles. The molecule has 1 aromatic heterocycles. The van der Waals surface area contributed by atoms with E-state index in [-0.39, 0.29) is 17.3 Å². The standard InChI is InChI=1S/C24H19N3O3S2/c1-26-21-5-3-2-4-20(21)15-24(26)32(29,30)27-12-13-31(28)23-11-10-19(14-22(23)27)18-8-6-17(16-25)7-9-18/h2-11,14-15H,12-13H2,1H3. The van der Waals surface area contributed by atoms with Crippen molar-refractivity contribution in [2.24, 2.45) is 7.05 Å². The molecule has 1 atom stereocenters. The number of sulfonamides is 1. The van der Waals surface area contributed by atoms with Gasteiger partial charge in [0.25, 0.3) is 10.0 Å². The summed E-state index contributed by atoms with van der Waals surface area (Å²) in [5.41, 5.74) is 3.46. The number of aryl methyl sites for hydroxylation is 1. The summed E-state index contributed by atoms with van der Waals surface area (Å²) in [5, 5.41) is 10.1. The minimum absolute atomic E-state index is 0.139. The second-order valence-corrected chi connectivity index (χ2v) is 10.9. The van der Waals surface area contributed by atoms with E-state index in [4.69, 9.17) is 5.26 Å². The molecule has 0 fully saturated rings. The summed E-state index contributed by atoms with van der Waals surface area (Å²) in [6, 6.07) is 23.7. The van der Waals surface area contributed by atoms with Crippen LogP contribution in [-0.2, 0) is 27.9 Å². The molecule has 8 heteroatoms. The van der Waals surface area contributed by atoms with Crippen molar-refractivity contribution < 1.29 is 12.6 Å². The Morgan fingerprint density at radius 2 is 1.69 bits per heavy atom. The molecule has 0 N–H and O–H groups in total. The number of hydrogen-bond acceptors (Lipinski definition) is 4. The first kappa shape index (κ1) is 20.5. The molecule has 0 spiro atoms. The van der Waals surface area contributed by atoms with Crippen LogP contribution in [-0.4, -0.2) is 29.5 Å². The normalized spacial score (nSPS) is 16.0. The van der Waals surface area contributed by atoms with E-state index in [1.54, 1.807) is 41.9 Å². The van der Waals surface area contributed by atoms with Gasteiger partial charge < -0.3 is 4.57 Å². The highest BCUT2D eigenvalue weighted by Gasteiger charge is 2.34. The number of para-hydroxylation sites is 1. The monoisotopic (exact) mass is 461 g/mol. The van der Waals surface area contributed by atoms with Gasteiger partial charge in [0.1, 0.15) is 0 Å². The van der Waals surface area contributed by atoms with Crippen molar-refractivity contribution in [3.05, 3.63) is 78.4 Å². The van der Waals surface area contributed by atoms with Gasteiger partial charge in [0, 0.05) is 30.2 Å². The molecule has 160 valence electrons. The minimum Gasteiger partial charge on any atom is -0.333 e. The number of fused-ring (bicyclic) bond motifs is 2. The fourth-order valence-electron chi connectivity index (χ4n) is 4.09. The van der Waals surface area contributed by atoms with Crippen LogP contribution >= 0.6 is 0 Å². The smallest absolute Gasteiger partial charge is 0.280 e. The number of anilines is 1.